The van der Waals surface area contributed by atoms with Crippen molar-refractivity contribution in [1.82, 2.24) is 25.1 Å². The van der Waals surface area contributed by atoms with Gasteiger partial charge < -0.3 is 15.2 Å². The number of fused-ring (bicyclic) bond motifs is 1. The van der Waals surface area contributed by atoms with Crippen molar-refractivity contribution < 1.29 is 4.79 Å². The van der Waals surface area contributed by atoms with Gasteiger partial charge in [0.1, 0.15) is 11.6 Å². The summed E-state index contributed by atoms with van der Waals surface area (Å²) in [4.78, 5) is 34.0. The van der Waals surface area contributed by atoms with E-state index in [0.717, 1.165) is 33.7 Å². The first kappa shape index (κ1) is 21.8. The third kappa shape index (κ3) is 4.17. The Hall–Kier alpha value is -3.42. The number of aromatic amines is 1. The van der Waals surface area contributed by atoms with Gasteiger partial charge in [-0.25, -0.2) is 9.67 Å². The van der Waals surface area contributed by atoms with E-state index in [0.29, 0.717) is 49.5 Å². The monoisotopic (exact) mass is 434 g/mol. The van der Waals surface area contributed by atoms with Crippen molar-refractivity contribution in [2.24, 2.45) is 0 Å². The molecule has 1 aliphatic rings. The largest absolute Gasteiger partial charge is 0.381 e. The molecule has 0 atom stereocenters. The highest BCUT2D eigenvalue weighted by Gasteiger charge is 2.21. The van der Waals surface area contributed by atoms with Crippen molar-refractivity contribution in [2.45, 2.75) is 53.1 Å². The van der Waals surface area contributed by atoms with Gasteiger partial charge in [0, 0.05) is 66.4 Å². The van der Waals surface area contributed by atoms with Crippen molar-refractivity contribution in [3.05, 3.63) is 57.6 Å². The number of piperidine rings is 1. The summed E-state index contributed by atoms with van der Waals surface area (Å²) in [5.41, 5.74) is 4.78. The Morgan fingerprint density at radius 3 is 2.59 bits per heavy atom. The summed E-state index contributed by atoms with van der Waals surface area (Å²) in [6.45, 7) is 13.9. The predicted octanol–water partition coefficient (Wildman–Crippen LogP) is 3.25. The summed E-state index contributed by atoms with van der Waals surface area (Å²) in [5, 5.41) is 8.79. The van der Waals surface area contributed by atoms with Crippen LogP contribution in [0.3, 0.4) is 0 Å². The van der Waals surface area contributed by atoms with E-state index in [-0.39, 0.29) is 11.6 Å². The Labute approximate surface area is 187 Å². The lowest BCUT2D eigenvalue weighted by Crippen LogP contribution is -2.34. The standard InChI is InChI=1S/C24H30N6O2/c1-14(2)30-23-21(13-26-30)19(11-22(28-23)29-8-6-18(31)7-9-29)17(5)25-12-20-15(3)10-16(4)27-24(20)32/h10-11,13-14,25H,5-9,12H2,1-4H3,(H,27,32). The molecule has 168 valence electrons. The normalized spacial score (nSPS) is 14.4. The number of ketones is 1. The molecular weight excluding hydrogens is 404 g/mol. The van der Waals surface area contributed by atoms with Gasteiger partial charge in [-0.1, -0.05) is 6.58 Å². The second kappa shape index (κ2) is 8.61. The van der Waals surface area contributed by atoms with Crippen molar-refractivity contribution in [1.29, 1.82) is 0 Å². The van der Waals surface area contributed by atoms with Crippen molar-refractivity contribution >= 4 is 28.3 Å². The Morgan fingerprint density at radius 1 is 1.22 bits per heavy atom. The smallest absolute Gasteiger partial charge is 0.253 e. The number of anilines is 1. The molecule has 0 spiro atoms. The van der Waals surface area contributed by atoms with Crippen LogP contribution in [0.25, 0.3) is 16.7 Å². The molecule has 8 nitrogen and oxygen atoms in total. The van der Waals surface area contributed by atoms with Crippen LogP contribution < -0.4 is 15.8 Å². The summed E-state index contributed by atoms with van der Waals surface area (Å²) in [6.07, 6.45) is 2.89. The van der Waals surface area contributed by atoms with E-state index in [1.54, 1.807) is 0 Å². The van der Waals surface area contributed by atoms with E-state index in [1.165, 1.54) is 0 Å². The summed E-state index contributed by atoms with van der Waals surface area (Å²) in [7, 11) is 0. The zero-order chi connectivity index (χ0) is 23.0. The molecule has 0 amide bonds. The van der Waals surface area contributed by atoms with Crippen LogP contribution in [0.5, 0.6) is 0 Å². The molecule has 8 heteroatoms. The first-order chi connectivity index (χ1) is 15.2. The van der Waals surface area contributed by atoms with Crippen LogP contribution in [-0.2, 0) is 11.3 Å². The molecule has 1 saturated heterocycles. The zero-order valence-electron chi connectivity index (χ0n) is 19.2. The average molecular weight is 435 g/mol. The Kier molecular flexibility index (Phi) is 5.86. The van der Waals surface area contributed by atoms with Gasteiger partial charge in [-0.3, -0.25) is 9.59 Å². The van der Waals surface area contributed by atoms with Gasteiger partial charge in [-0.05, 0) is 45.4 Å². The summed E-state index contributed by atoms with van der Waals surface area (Å²) >= 11 is 0. The van der Waals surface area contributed by atoms with Gasteiger partial charge in [0.2, 0.25) is 0 Å². The summed E-state index contributed by atoms with van der Waals surface area (Å²) < 4.78 is 1.90. The Balaban J connectivity index is 1.69. The number of carbonyl (C=O) groups excluding carboxylic acids is 1. The molecule has 0 bridgehead atoms. The molecule has 0 aromatic carbocycles. The minimum absolute atomic E-state index is 0.0889. The lowest BCUT2D eigenvalue weighted by molar-refractivity contribution is -0.119. The molecule has 3 aromatic rings. The fraction of sp³-hybridized carbons (Fsp3) is 0.417. The molecule has 0 unspecified atom stereocenters. The van der Waals surface area contributed by atoms with Gasteiger partial charge >= 0.3 is 0 Å². The Morgan fingerprint density at radius 2 is 1.94 bits per heavy atom. The van der Waals surface area contributed by atoms with Crippen molar-refractivity contribution in [3.8, 4) is 0 Å². The van der Waals surface area contributed by atoms with Crippen LogP contribution in [0.15, 0.2) is 29.7 Å². The molecule has 1 aliphatic heterocycles. The van der Waals surface area contributed by atoms with E-state index in [4.69, 9.17) is 4.98 Å². The number of rotatable bonds is 6. The maximum Gasteiger partial charge on any atom is 0.253 e. The fourth-order valence-corrected chi connectivity index (χ4v) is 4.17. The molecule has 0 saturated carbocycles. The summed E-state index contributed by atoms with van der Waals surface area (Å²) in [6, 6.07) is 4.13. The number of nitrogens with one attached hydrogen (secondary N) is 2. The number of hydrogen-bond acceptors (Lipinski definition) is 6. The van der Waals surface area contributed by atoms with E-state index < -0.39 is 0 Å². The number of pyridine rings is 2. The third-order valence-corrected chi connectivity index (χ3v) is 5.98. The average Bonchev–Trinajstić information content (AvgIpc) is 3.17. The van der Waals surface area contributed by atoms with E-state index >= 15 is 0 Å². The predicted molar refractivity (Wildman–Crippen MR) is 127 cm³/mol. The number of aryl methyl sites for hydroxylation is 2. The zero-order valence-corrected chi connectivity index (χ0v) is 19.2. The van der Waals surface area contributed by atoms with E-state index in [9.17, 15) is 9.59 Å². The van der Waals surface area contributed by atoms with Gasteiger partial charge in [0.05, 0.1) is 6.20 Å². The molecule has 0 aliphatic carbocycles. The van der Waals surface area contributed by atoms with Gasteiger partial charge in [-0.15, -0.1) is 0 Å². The first-order valence-electron chi connectivity index (χ1n) is 11.0. The van der Waals surface area contributed by atoms with E-state index in [1.807, 2.05) is 36.9 Å². The van der Waals surface area contributed by atoms with Crippen LogP contribution in [0.2, 0.25) is 0 Å². The molecule has 4 rings (SSSR count). The topological polar surface area (TPSA) is 95.9 Å². The van der Waals surface area contributed by atoms with Crippen molar-refractivity contribution in [3.63, 3.8) is 0 Å². The van der Waals surface area contributed by atoms with Gasteiger partial charge in [0.25, 0.3) is 5.56 Å². The minimum Gasteiger partial charge on any atom is -0.381 e. The fourth-order valence-electron chi connectivity index (χ4n) is 4.17. The first-order valence-corrected chi connectivity index (χ1v) is 11.0. The van der Waals surface area contributed by atoms with Crippen molar-refractivity contribution in [2.75, 3.05) is 18.0 Å². The minimum atomic E-state index is -0.0889. The quantitative estimate of drug-likeness (QED) is 0.618. The number of carbonyl (C=O) groups is 1. The molecule has 3 aromatic heterocycles. The molecular formula is C24H30N6O2. The highest BCUT2D eigenvalue weighted by Crippen LogP contribution is 2.29. The lowest BCUT2D eigenvalue weighted by Gasteiger charge is -2.28. The van der Waals surface area contributed by atoms with Crippen LogP contribution in [-0.4, -0.2) is 38.6 Å². The SMILES string of the molecule is C=C(NCc1c(C)cc(C)[nH]c1=O)c1cc(N2CCC(=O)CC2)nc2c1cnn2C(C)C. The van der Waals surface area contributed by atoms with Crippen LogP contribution in [0.1, 0.15) is 55.1 Å². The summed E-state index contributed by atoms with van der Waals surface area (Å²) in [5.74, 6) is 1.11. The van der Waals surface area contributed by atoms with E-state index in [2.05, 4.69) is 40.7 Å². The van der Waals surface area contributed by atoms with Crippen LogP contribution in [0, 0.1) is 13.8 Å². The number of Topliss-reactive ketones (excluding diaryl/α,β-unsaturated/α-hetero) is 1. The number of nitrogens with zero attached hydrogens (tertiary/aromatic N) is 4. The number of aromatic nitrogens is 4. The molecule has 4 heterocycles. The molecule has 2 N–H and O–H groups in total. The molecule has 0 radical (unpaired) electrons. The van der Waals surface area contributed by atoms with Crippen LogP contribution >= 0.6 is 0 Å². The number of H-pyrrole nitrogens is 1. The van der Waals surface area contributed by atoms with Crippen LogP contribution in [0.4, 0.5) is 5.82 Å². The third-order valence-electron chi connectivity index (χ3n) is 5.98. The van der Waals surface area contributed by atoms with Gasteiger partial charge in [0.15, 0.2) is 5.65 Å². The highest BCUT2D eigenvalue weighted by molar-refractivity contribution is 5.91. The maximum absolute atomic E-state index is 12.4. The second-order valence-electron chi connectivity index (χ2n) is 8.75. The van der Waals surface area contributed by atoms with Gasteiger partial charge in [-0.2, -0.15) is 5.10 Å². The maximum atomic E-state index is 12.4. The Bertz CT molecular complexity index is 1240. The second-order valence-corrected chi connectivity index (χ2v) is 8.75. The molecule has 1 fully saturated rings. The highest BCUT2D eigenvalue weighted by atomic mass is 16.1. The number of hydrogen-bond donors (Lipinski definition) is 2. The lowest BCUT2D eigenvalue weighted by atomic mass is 10.1. The molecule has 32 heavy (non-hydrogen) atoms.